The number of hydrogen-bond donors (Lipinski definition) is 2. The van der Waals surface area contributed by atoms with Crippen molar-refractivity contribution in [2.45, 2.75) is 26.2 Å². The van der Waals surface area contributed by atoms with Gasteiger partial charge in [-0.2, -0.15) is 0 Å². The average molecular weight is 308 g/mol. The quantitative estimate of drug-likeness (QED) is 0.718. The van der Waals surface area contributed by atoms with E-state index in [1.54, 1.807) is 0 Å². The number of aromatic amines is 1. The Hall–Kier alpha value is -2.26. The molecule has 1 aromatic heterocycles. The predicted octanol–water partition coefficient (Wildman–Crippen LogP) is 4.16. The number of rotatable bonds is 6. The fraction of sp³-hybridized carbons (Fsp3) is 0.300. The maximum absolute atomic E-state index is 6.09. The molecule has 3 heteroatoms. The molecular weight excluding hydrogens is 284 g/mol. The molecule has 120 valence electrons. The Labute approximate surface area is 137 Å². The number of aromatic nitrogens is 1. The fourth-order valence-electron chi connectivity index (χ4n) is 3.25. The molecule has 3 N–H and O–H groups in total. The van der Waals surface area contributed by atoms with Crippen LogP contribution in [0.5, 0.6) is 5.75 Å². The van der Waals surface area contributed by atoms with Crippen molar-refractivity contribution in [1.82, 2.24) is 4.98 Å². The summed E-state index contributed by atoms with van der Waals surface area (Å²) in [6, 6.07) is 14.7. The van der Waals surface area contributed by atoms with E-state index in [-0.39, 0.29) is 0 Å². The molecule has 0 fully saturated rings. The van der Waals surface area contributed by atoms with Crippen LogP contribution in [-0.4, -0.2) is 18.1 Å². The molecule has 0 aliphatic heterocycles. The molecular formula is C20H24N2O. The van der Waals surface area contributed by atoms with Crippen LogP contribution in [-0.2, 0) is 6.42 Å². The van der Waals surface area contributed by atoms with E-state index >= 15 is 0 Å². The highest BCUT2D eigenvalue weighted by Gasteiger charge is 2.16. The van der Waals surface area contributed by atoms with Crippen LogP contribution in [0.2, 0.25) is 0 Å². The van der Waals surface area contributed by atoms with Crippen LogP contribution in [0.1, 0.15) is 29.5 Å². The van der Waals surface area contributed by atoms with Crippen molar-refractivity contribution in [2.75, 3.05) is 13.2 Å². The average Bonchev–Trinajstić information content (AvgIpc) is 2.97. The van der Waals surface area contributed by atoms with Crippen molar-refractivity contribution in [3.8, 4) is 5.75 Å². The highest BCUT2D eigenvalue weighted by molar-refractivity contribution is 5.83. The molecule has 23 heavy (non-hydrogen) atoms. The van der Waals surface area contributed by atoms with Crippen LogP contribution in [0.4, 0.5) is 0 Å². The molecule has 0 saturated carbocycles. The molecule has 3 rings (SSSR count). The Kier molecular flexibility index (Phi) is 4.68. The van der Waals surface area contributed by atoms with Gasteiger partial charge in [0.25, 0.3) is 0 Å². The number of hydrogen-bond acceptors (Lipinski definition) is 2. The minimum absolute atomic E-state index is 0.310. The zero-order valence-corrected chi connectivity index (χ0v) is 13.8. The Balaban J connectivity index is 1.88. The standard InChI is InChI=1S/C20H24N2O/c1-3-23-17-8-9-18(14(2)10-17)15(12-21)11-16-13-22-20-7-5-4-6-19(16)20/h4-10,13,15,22H,3,11-12,21H2,1-2H3. The Bertz CT molecular complexity index is 791. The second-order valence-electron chi connectivity index (χ2n) is 5.95. The monoisotopic (exact) mass is 308 g/mol. The van der Waals surface area contributed by atoms with Gasteiger partial charge < -0.3 is 15.5 Å². The van der Waals surface area contributed by atoms with Crippen LogP contribution in [0.15, 0.2) is 48.7 Å². The molecule has 1 heterocycles. The second-order valence-corrected chi connectivity index (χ2v) is 5.95. The van der Waals surface area contributed by atoms with Gasteiger partial charge in [0.2, 0.25) is 0 Å². The van der Waals surface area contributed by atoms with E-state index < -0.39 is 0 Å². The maximum atomic E-state index is 6.09. The Morgan fingerprint density at radius 1 is 1.17 bits per heavy atom. The van der Waals surface area contributed by atoms with Gasteiger partial charge in [-0.15, -0.1) is 0 Å². The molecule has 0 aliphatic rings. The van der Waals surface area contributed by atoms with Gasteiger partial charge in [0.05, 0.1) is 6.61 Å². The zero-order chi connectivity index (χ0) is 16.2. The van der Waals surface area contributed by atoms with Crippen molar-refractivity contribution in [2.24, 2.45) is 5.73 Å². The number of H-pyrrole nitrogens is 1. The smallest absolute Gasteiger partial charge is 0.119 e. The number of ether oxygens (including phenoxy) is 1. The van der Waals surface area contributed by atoms with Gasteiger partial charge in [-0.05, 0) is 61.7 Å². The lowest BCUT2D eigenvalue weighted by Crippen LogP contribution is -2.16. The highest BCUT2D eigenvalue weighted by Crippen LogP contribution is 2.29. The van der Waals surface area contributed by atoms with E-state index in [4.69, 9.17) is 10.5 Å². The summed E-state index contributed by atoms with van der Waals surface area (Å²) < 4.78 is 5.58. The summed E-state index contributed by atoms with van der Waals surface area (Å²) in [5.74, 6) is 1.24. The lowest BCUT2D eigenvalue weighted by molar-refractivity contribution is 0.340. The third-order valence-electron chi connectivity index (χ3n) is 4.42. The van der Waals surface area contributed by atoms with Gasteiger partial charge in [0.1, 0.15) is 5.75 Å². The molecule has 3 aromatic rings. The van der Waals surface area contributed by atoms with Gasteiger partial charge in [-0.1, -0.05) is 24.3 Å². The predicted molar refractivity (Wildman–Crippen MR) is 96.1 cm³/mol. The lowest BCUT2D eigenvalue weighted by Gasteiger charge is -2.18. The molecule has 0 spiro atoms. The van der Waals surface area contributed by atoms with E-state index in [2.05, 4.69) is 54.5 Å². The zero-order valence-electron chi connectivity index (χ0n) is 13.8. The van der Waals surface area contributed by atoms with Crippen LogP contribution in [0, 0.1) is 6.92 Å². The normalized spacial score (nSPS) is 12.5. The van der Waals surface area contributed by atoms with Crippen LogP contribution < -0.4 is 10.5 Å². The summed E-state index contributed by atoms with van der Waals surface area (Å²) in [5, 5.41) is 1.29. The molecule has 0 saturated heterocycles. The van der Waals surface area contributed by atoms with Gasteiger partial charge in [0, 0.05) is 23.0 Å². The van der Waals surface area contributed by atoms with Crippen LogP contribution >= 0.6 is 0 Å². The molecule has 2 aromatic carbocycles. The van der Waals surface area contributed by atoms with E-state index in [0.717, 1.165) is 12.2 Å². The summed E-state index contributed by atoms with van der Waals surface area (Å²) in [4.78, 5) is 3.35. The fourth-order valence-corrected chi connectivity index (χ4v) is 3.25. The van der Waals surface area contributed by atoms with Crippen LogP contribution in [0.3, 0.4) is 0 Å². The highest BCUT2D eigenvalue weighted by atomic mass is 16.5. The van der Waals surface area contributed by atoms with Crippen molar-refractivity contribution in [1.29, 1.82) is 0 Å². The first-order valence-corrected chi connectivity index (χ1v) is 8.21. The van der Waals surface area contributed by atoms with E-state index in [0.29, 0.717) is 19.1 Å². The first-order chi connectivity index (χ1) is 11.2. The minimum Gasteiger partial charge on any atom is -0.494 e. The first-order valence-electron chi connectivity index (χ1n) is 8.21. The summed E-state index contributed by atoms with van der Waals surface area (Å²) in [7, 11) is 0. The summed E-state index contributed by atoms with van der Waals surface area (Å²) in [6.07, 6.45) is 3.05. The maximum Gasteiger partial charge on any atom is 0.119 e. The van der Waals surface area contributed by atoms with Crippen molar-refractivity contribution >= 4 is 10.9 Å². The lowest BCUT2D eigenvalue weighted by atomic mass is 9.89. The SMILES string of the molecule is CCOc1ccc(C(CN)Cc2c[nH]c3ccccc23)c(C)c1. The van der Waals surface area contributed by atoms with Crippen LogP contribution in [0.25, 0.3) is 10.9 Å². The molecule has 1 unspecified atom stereocenters. The topological polar surface area (TPSA) is 51.0 Å². The number of aryl methyl sites for hydroxylation is 1. The number of para-hydroxylation sites is 1. The summed E-state index contributed by atoms with van der Waals surface area (Å²) in [6.45, 7) is 5.46. The number of fused-ring (bicyclic) bond motifs is 1. The number of benzene rings is 2. The first kappa shape index (κ1) is 15.6. The number of nitrogens with two attached hydrogens (primary N) is 1. The molecule has 0 amide bonds. The Morgan fingerprint density at radius 3 is 2.74 bits per heavy atom. The van der Waals surface area contributed by atoms with Gasteiger partial charge in [-0.3, -0.25) is 0 Å². The van der Waals surface area contributed by atoms with E-state index in [1.165, 1.54) is 27.6 Å². The summed E-state index contributed by atoms with van der Waals surface area (Å²) >= 11 is 0. The second kappa shape index (κ2) is 6.88. The summed E-state index contributed by atoms with van der Waals surface area (Å²) in [5.41, 5.74) is 11.1. The molecule has 0 radical (unpaired) electrons. The van der Waals surface area contributed by atoms with Gasteiger partial charge in [0.15, 0.2) is 0 Å². The van der Waals surface area contributed by atoms with Crippen molar-refractivity contribution < 1.29 is 4.74 Å². The molecule has 1 atom stereocenters. The van der Waals surface area contributed by atoms with Gasteiger partial charge >= 0.3 is 0 Å². The Morgan fingerprint density at radius 2 is 2.00 bits per heavy atom. The minimum atomic E-state index is 0.310. The molecule has 0 aliphatic carbocycles. The van der Waals surface area contributed by atoms with Crippen molar-refractivity contribution in [3.05, 3.63) is 65.4 Å². The number of nitrogens with one attached hydrogen (secondary N) is 1. The molecule has 3 nitrogen and oxygen atoms in total. The largest absolute Gasteiger partial charge is 0.494 e. The third-order valence-corrected chi connectivity index (χ3v) is 4.42. The van der Waals surface area contributed by atoms with Gasteiger partial charge in [-0.25, -0.2) is 0 Å². The third kappa shape index (κ3) is 3.25. The van der Waals surface area contributed by atoms with Crippen molar-refractivity contribution in [3.63, 3.8) is 0 Å². The van der Waals surface area contributed by atoms with E-state index in [1.807, 2.05) is 13.0 Å². The molecule has 0 bridgehead atoms. The van der Waals surface area contributed by atoms with E-state index in [9.17, 15) is 0 Å².